The summed E-state index contributed by atoms with van der Waals surface area (Å²) in [6, 6.07) is 0. The molecule has 3 aliphatic heterocycles. The Labute approximate surface area is 139 Å². The summed E-state index contributed by atoms with van der Waals surface area (Å²) in [6.45, 7) is 4.47. The van der Waals surface area contributed by atoms with Gasteiger partial charge in [0.1, 0.15) is 18.5 Å². The van der Waals surface area contributed by atoms with Crippen molar-refractivity contribution in [1.82, 2.24) is 0 Å². The zero-order valence-corrected chi connectivity index (χ0v) is 13.7. The maximum Gasteiger partial charge on any atom is 0.340 e. The summed E-state index contributed by atoms with van der Waals surface area (Å²) in [7, 11) is 0. The molecular formula is C17H22O7. The van der Waals surface area contributed by atoms with Crippen LogP contribution in [-0.4, -0.2) is 59.3 Å². The van der Waals surface area contributed by atoms with Crippen molar-refractivity contribution in [2.75, 3.05) is 6.61 Å². The summed E-state index contributed by atoms with van der Waals surface area (Å²) >= 11 is 0. The van der Waals surface area contributed by atoms with Gasteiger partial charge >= 0.3 is 5.97 Å². The number of carbonyl (C=O) groups is 2. The Morgan fingerprint density at radius 1 is 1.29 bits per heavy atom. The van der Waals surface area contributed by atoms with Crippen LogP contribution in [0.4, 0.5) is 0 Å². The summed E-state index contributed by atoms with van der Waals surface area (Å²) in [5, 5.41) is 21.4. The lowest BCUT2D eigenvalue weighted by atomic mass is 9.56. The molecule has 5 rings (SSSR count). The minimum atomic E-state index is -1.41. The van der Waals surface area contributed by atoms with Crippen LogP contribution in [0.3, 0.4) is 0 Å². The Bertz CT molecular complexity index is 636. The molecule has 5 aliphatic rings. The molecule has 3 saturated heterocycles. The predicted octanol–water partition coefficient (Wildman–Crippen LogP) is -0.374. The fourth-order valence-electron chi connectivity index (χ4n) is 7.12. The first-order chi connectivity index (χ1) is 11.4. The average Bonchev–Trinajstić information content (AvgIpc) is 3.22. The molecule has 3 heterocycles. The standard InChI is InChI=1S/C17H22O7/c1-7-3-15(10(19)5-18)13(20)24-17-11-8(2)6-22-9(11)4-16(15,17)12(7)23-14(17)21/h5,7-13,19-20H,3-4,6H2,1-2H3/t7-,8-,9?,10+,11?,12?,13?,15?,16?,17?/m1/s1. The van der Waals surface area contributed by atoms with Gasteiger partial charge in [-0.3, -0.25) is 0 Å². The molecule has 0 aromatic carbocycles. The Kier molecular flexibility index (Phi) is 2.67. The van der Waals surface area contributed by atoms with Gasteiger partial charge in [-0.15, -0.1) is 0 Å². The molecule has 7 nitrogen and oxygen atoms in total. The van der Waals surface area contributed by atoms with Crippen LogP contribution in [0.5, 0.6) is 0 Å². The molecule has 7 heteroatoms. The quantitative estimate of drug-likeness (QED) is 0.523. The van der Waals surface area contributed by atoms with Crippen LogP contribution in [0.2, 0.25) is 0 Å². The monoisotopic (exact) mass is 338 g/mol. The molecule has 0 radical (unpaired) electrons. The third kappa shape index (κ3) is 1.16. The third-order valence-electron chi connectivity index (χ3n) is 7.67. The molecule has 5 fully saturated rings. The Morgan fingerprint density at radius 3 is 2.75 bits per heavy atom. The Hall–Kier alpha value is -1.02. The molecule has 10 atom stereocenters. The van der Waals surface area contributed by atoms with Crippen LogP contribution >= 0.6 is 0 Å². The molecule has 0 amide bonds. The second-order valence-electron chi connectivity index (χ2n) is 8.38. The van der Waals surface area contributed by atoms with E-state index in [0.29, 0.717) is 25.7 Å². The number of hydrogen-bond acceptors (Lipinski definition) is 7. The highest BCUT2D eigenvalue weighted by atomic mass is 16.7. The highest BCUT2D eigenvalue weighted by Crippen LogP contribution is 2.80. The molecule has 0 bridgehead atoms. The molecule has 2 saturated carbocycles. The van der Waals surface area contributed by atoms with E-state index < -0.39 is 40.9 Å². The largest absolute Gasteiger partial charge is 0.459 e. The molecule has 7 unspecified atom stereocenters. The second kappa shape index (κ2) is 4.20. The first-order valence-electron chi connectivity index (χ1n) is 8.68. The van der Waals surface area contributed by atoms with Crippen LogP contribution in [0.25, 0.3) is 0 Å². The number of aldehydes is 1. The van der Waals surface area contributed by atoms with Gasteiger partial charge in [0, 0.05) is 12.5 Å². The maximum absolute atomic E-state index is 13.0. The summed E-state index contributed by atoms with van der Waals surface area (Å²) in [5.74, 6) is -0.690. The number of hydrogen-bond donors (Lipinski definition) is 2. The summed E-state index contributed by atoms with van der Waals surface area (Å²) in [4.78, 5) is 24.5. The van der Waals surface area contributed by atoms with Gasteiger partial charge in [0.2, 0.25) is 0 Å². The van der Waals surface area contributed by atoms with Crippen LogP contribution in [0.1, 0.15) is 26.7 Å². The number of aliphatic hydroxyl groups excluding tert-OH is 2. The highest BCUT2D eigenvalue weighted by molar-refractivity contribution is 5.87. The van der Waals surface area contributed by atoms with Gasteiger partial charge in [0.15, 0.2) is 11.9 Å². The van der Waals surface area contributed by atoms with Crippen LogP contribution in [0, 0.1) is 28.6 Å². The van der Waals surface area contributed by atoms with Crippen LogP contribution in [0.15, 0.2) is 0 Å². The molecule has 132 valence electrons. The van der Waals surface area contributed by atoms with Gasteiger partial charge in [-0.2, -0.15) is 0 Å². The van der Waals surface area contributed by atoms with Crippen molar-refractivity contribution in [3.63, 3.8) is 0 Å². The number of fused-ring (bicyclic) bond motifs is 1. The lowest BCUT2D eigenvalue weighted by molar-refractivity contribution is -0.211. The van der Waals surface area contributed by atoms with Crippen molar-refractivity contribution in [3.05, 3.63) is 0 Å². The number of carbonyl (C=O) groups excluding carboxylic acids is 2. The Morgan fingerprint density at radius 2 is 2.04 bits per heavy atom. The van der Waals surface area contributed by atoms with E-state index >= 15 is 0 Å². The molecule has 2 N–H and O–H groups in total. The first-order valence-corrected chi connectivity index (χ1v) is 8.68. The minimum Gasteiger partial charge on any atom is -0.459 e. The highest BCUT2D eigenvalue weighted by Gasteiger charge is 2.93. The molecule has 24 heavy (non-hydrogen) atoms. The number of ether oxygens (including phenoxy) is 3. The summed E-state index contributed by atoms with van der Waals surface area (Å²) < 4.78 is 17.6. The minimum absolute atomic E-state index is 0.0712. The van der Waals surface area contributed by atoms with Crippen molar-refractivity contribution >= 4 is 12.3 Å². The van der Waals surface area contributed by atoms with Gasteiger partial charge in [0.25, 0.3) is 0 Å². The topological polar surface area (TPSA) is 102 Å². The zero-order chi connectivity index (χ0) is 17.1. The van der Waals surface area contributed by atoms with Crippen molar-refractivity contribution in [3.8, 4) is 0 Å². The molecule has 0 aromatic heterocycles. The fourth-order valence-corrected chi connectivity index (χ4v) is 7.12. The van der Waals surface area contributed by atoms with Crippen molar-refractivity contribution in [1.29, 1.82) is 0 Å². The lowest BCUT2D eigenvalue weighted by Gasteiger charge is -2.42. The van der Waals surface area contributed by atoms with Gasteiger partial charge < -0.3 is 29.2 Å². The average molecular weight is 338 g/mol. The van der Waals surface area contributed by atoms with Crippen molar-refractivity contribution in [2.24, 2.45) is 28.6 Å². The number of esters is 1. The van der Waals surface area contributed by atoms with Gasteiger partial charge in [-0.1, -0.05) is 13.8 Å². The SMILES string of the molecule is C[C@@H]1COC2CC34C5OC(=O)C3(OC(O)C4([C@@H](O)C=O)C[C@H]5C)C21. The smallest absolute Gasteiger partial charge is 0.340 e. The van der Waals surface area contributed by atoms with Crippen LogP contribution < -0.4 is 0 Å². The van der Waals surface area contributed by atoms with Gasteiger partial charge in [-0.05, 0) is 24.7 Å². The van der Waals surface area contributed by atoms with Crippen molar-refractivity contribution in [2.45, 2.75) is 56.9 Å². The second-order valence-corrected chi connectivity index (χ2v) is 8.38. The van der Waals surface area contributed by atoms with E-state index in [2.05, 4.69) is 0 Å². The maximum atomic E-state index is 13.0. The van der Waals surface area contributed by atoms with Crippen molar-refractivity contribution < 1.29 is 34.0 Å². The van der Waals surface area contributed by atoms with E-state index in [0.717, 1.165) is 0 Å². The van der Waals surface area contributed by atoms with Crippen LogP contribution in [-0.2, 0) is 23.8 Å². The van der Waals surface area contributed by atoms with E-state index in [1.165, 1.54) is 0 Å². The van der Waals surface area contributed by atoms with E-state index in [4.69, 9.17) is 14.2 Å². The third-order valence-corrected chi connectivity index (χ3v) is 7.67. The lowest BCUT2D eigenvalue weighted by Crippen LogP contribution is -2.57. The van der Waals surface area contributed by atoms with Gasteiger partial charge in [-0.25, -0.2) is 4.79 Å². The molecule has 1 spiro atoms. The van der Waals surface area contributed by atoms with E-state index in [9.17, 15) is 19.8 Å². The predicted molar refractivity (Wildman–Crippen MR) is 77.4 cm³/mol. The summed E-state index contributed by atoms with van der Waals surface area (Å²) in [5.41, 5.74) is -3.47. The van der Waals surface area contributed by atoms with E-state index in [1.54, 1.807) is 0 Å². The van der Waals surface area contributed by atoms with E-state index in [1.807, 2.05) is 13.8 Å². The molecule has 2 aliphatic carbocycles. The number of rotatable bonds is 2. The molecule has 0 aromatic rings. The molecular weight excluding hydrogens is 316 g/mol. The van der Waals surface area contributed by atoms with E-state index in [-0.39, 0.29) is 23.9 Å². The van der Waals surface area contributed by atoms with Gasteiger partial charge in [0.05, 0.1) is 16.9 Å². The summed E-state index contributed by atoms with van der Waals surface area (Å²) in [6.07, 6.45) is -2.14. The first kappa shape index (κ1) is 15.3. The number of aliphatic hydroxyl groups is 2. The fraction of sp³-hybridized carbons (Fsp3) is 0.882. The normalized spacial score (nSPS) is 61.4. The Balaban J connectivity index is 1.80. The zero-order valence-electron chi connectivity index (χ0n) is 13.7.